The highest BCUT2D eigenvalue weighted by Crippen LogP contribution is 2.25. The number of ether oxygens (including phenoxy) is 1. The molecule has 0 aliphatic heterocycles. The van der Waals surface area contributed by atoms with E-state index in [1.807, 2.05) is 0 Å². The minimum atomic E-state index is -3.95. The number of carbonyl (C=O) groups excluding carboxylic acids is 1. The molecule has 10 nitrogen and oxygen atoms in total. The average Bonchev–Trinajstić information content (AvgIpc) is 2.78. The fraction of sp³-hybridized carbons (Fsp3) is 0.0500. The molecule has 12 heteroatoms. The summed E-state index contributed by atoms with van der Waals surface area (Å²) in [5.41, 5.74) is 0.984. The maximum atomic E-state index is 12.6. The van der Waals surface area contributed by atoms with Crippen molar-refractivity contribution in [2.45, 2.75) is 4.90 Å². The minimum Gasteiger partial charge on any atom is -0.457 e. The predicted molar refractivity (Wildman–Crippen MR) is 117 cm³/mol. The van der Waals surface area contributed by atoms with Crippen LogP contribution < -0.4 is 14.8 Å². The first kappa shape index (κ1) is 21.4. The number of amides is 1. The quantitative estimate of drug-likeness (QED) is 0.438. The van der Waals surface area contributed by atoms with Crippen molar-refractivity contribution in [3.8, 4) is 11.5 Å². The van der Waals surface area contributed by atoms with Gasteiger partial charge in [-0.3, -0.25) is 9.78 Å². The average molecular weight is 471 g/mol. The third kappa shape index (κ3) is 4.74. The molecule has 0 aliphatic carbocycles. The Kier molecular flexibility index (Phi) is 5.84. The number of aromatic nitrogens is 4. The van der Waals surface area contributed by atoms with Crippen molar-refractivity contribution >= 4 is 44.5 Å². The molecule has 0 atom stereocenters. The zero-order valence-corrected chi connectivity index (χ0v) is 18.1. The van der Waals surface area contributed by atoms with Crippen LogP contribution in [-0.2, 0) is 10.0 Å². The molecular formula is C20H15ClN6O4S. The summed E-state index contributed by atoms with van der Waals surface area (Å²) >= 11 is 5.88. The van der Waals surface area contributed by atoms with Gasteiger partial charge in [-0.05, 0) is 36.4 Å². The molecule has 0 bridgehead atoms. The number of nitrogens with one attached hydrogen (secondary N) is 2. The lowest BCUT2D eigenvalue weighted by atomic mass is 10.3. The van der Waals surface area contributed by atoms with E-state index in [1.165, 1.54) is 37.5 Å². The Morgan fingerprint density at radius 3 is 2.59 bits per heavy atom. The van der Waals surface area contributed by atoms with Crippen molar-refractivity contribution in [1.82, 2.24) is 25.5 Å². The second-order valence-electron chi connectivity index (χ2n) is 6.41. The first-order chi connectivity index (χ1) is 15.3. The van der Waals surface area contributed by atoms with E-state index in [4.69, 9.17) is 16.3 Å². The van der Waals surface area contributed by atoms with Gasteiger partial charge >= 0.3 is 0 Å². The van der Waals surface area contributed by atoms with Crippen molar-refractivity contribution in [3.05, 3.63) is 71.5 Å². The van der Waals surface area contributed by atoms with Gasteiger partial charge in [-0.1, -0.05) is 17.7 Å². The van der Waals surface area contributed by atoms with Crippen molar-refractivity contribution in [1.29, 1.82) is 0 Å². The third-order valence-electron chi connectivity index (χ3n) is 4.18. The molecule has 1 amide bonds. The summed E-state index contributed by atoms with van der Waals surface area (Å²) in [5.74, 6) is 0.237. The van der Waals surface area contributed by atoms with Gasteiger partial charge in [0, 0.05) is 30.4 Å². The Morgan fingerprint density at radius 2 is 1.81 bits per heavy atom. The van der Waals surface area contributed by atoms with Crippen LogP contribution in [0.15, 0.2) is 65.7 Å². The topological polar surface area (TPSA) is 136 Å². The number of rotatable bonds is 6. The number of sulfonamides is 1. The standard InChI is InChI=1S/C20H15ClN6O4S/c1-22-19(28)18-11-14(7-8-23-18)31-13-5-6-16-17(10-13)24-20(26-25-16)27-32(29,30)15-4-2-3-12(21)9-15/h2-11H,1H3,(H,22,28)(H,24,26,27). The summed E-state index contributed by atoms with van der Waals surface area (Å²) in [4.78, 5) is 19.9. The van der Waals surface area contributed by atoms with Gasteiger partial charge in [0.05, 0.1) is 10.4 Å². The molecule has 2 heterocycles. The number of hydrogen-bond acceptors (Lipinski definition) is 8. The molecule has 4 rings (SSSR count). The summed E-state index contributed by atoms with van der Waals surface area (Å²) in [6, 6.07) is 13.7. The van der Waals surface area contributed by atoms with Crippen LogP contribution in [0.3, 0.4) is 0 Å². The molecular weight excluding hydrogens is 456 g/mol. The molecule has 4 aromatic rings. The Balaban J connectivity index is 1.60. The largest absolute Gasteiger partial charge is 0.457 e. The first-order valence-corrected chi connectivity index (χ1v) is 11.0. The van der Waals surface area contributed by atoms with E-state index < -0.39 is 10.0 Å². The lowest BCUT2D eigenvalue weighted by molar-refractivity contribution is 0.0958. The van der Waals surface area contributed by atoms with Crippen LogP contribution in [0.4, 0.5) is 5.95 Å². The minimum absolute atomic E-state index is 0.0320. The Hall–Kier alpha value is -3.83. The van der Waals surface area contributed by atoms with Crippen molar-refractivity contribution < 1.29 is 17.9 Å². The highest BCUT2D eigenvalue weighted by atomic mass is 35.5. The van der Waals surface area contributed by atoms with Crippen LogP contribution in [0.1, 0.15) is 10.5 Å². The van der Waals surface area contributed by atoms with Crippen LogP contribution in [0.2, 0.25) is 5.02 Å². The summed E-state index contributed by atoms with van der Waals surface area (Å²) in [7, 11) is -2.45. The second-order valence-corrected chi connectivity index (χ2v) is 8.53. The van der Waals surface area contributed by atoms with Gasteiger partial charge in [-0.2, -0.15) is 0 Å². The summed E-state index contributed by atoms with van der Waals surface area (Å²) in [6.45, 7) is 0. The number of anilines is 1. The predicted octanol–water partition coefficient (Wildman–Crippen LogP) is 3.03. The SMILES string of the molecule is CNC(=O)c1cc(Oc2ccc3nnc(NS(=O)(=O)c4cccc(Cl)c4)nc3c2)ccn1. The normalized spacial score (nSPS) is 11.2. The van der Waals surface area contributed by atoms with Gasteiger partial charge in [-0.25, -0.2) is 18.1 Å². The Morgan fingerprint density at radius 1 is 1.00 bits per heavy atom. The summed E-state index contributed by atoms with van der Waals surface area (Å²) < 4.78 is 33.2. The third-order valence-corrected chi connectivity index (χ3v) is 5.75. The van der Waals surface area contributed by atoms with Gasteiger partial charge in [-0.15, -0.1) is 10.2 Å². The lowest BCUT2D eigenvalue weighted by Crippen LogP contribution is -2.18. The van der Waals surface area contributed by atoms with Gasteiger partial charge < -0.3 is 10.1 Å². The molecule has 162 valence electrons. The van der Waals surface area contributed by atoms with Gasteiger partial charge in [0.15, 0.2) is 0 Å². The highest BCUT2D eigenvalue weighted by molar-refractivity contribution is 7.92. The molecule has 0 radical (unpaired) electrons. The molecule has 0 saturated heterocycles. The molecule has 2 aromatic carbocycles. The molecule has 32 heavy (non-hydrogen) atoms. The van der Waals surface area contributed by atoms with Crippen LogP contribution in [-0.4, -0.2) is 41.5 Å². The zero-order valence-electron chi connectivity index (χ0n) is 16.5. The summed E-state index contributed by atoms with van der Waals surface area (Å²) in [6.07, 6.45) is 1.45. The van der Waals surface area contributed by atoms with E-state index in [9.17, 15) is 13.2 Å². The zero-order chi connectivity index (χ0) is 22.7. The molecule has 2 N–H and O–H groups in total. The molecule has 0 saturated carbocycles. The smallest absolute Gasteiger partial charge is 0.269 e. The Bertz CT molecular complexity index is 1430. The molecule has 0 fully saturated rings. The maximum absolute atomic E-state index is 12.6. The number of halogens is 1. The van der Waals surface area contributed by atoms with Gasteiger partial charge in [0.1, 0.15) is 22.7 Å². The van der Waals surface area contributed by atoms with Crippen LogP contribution in [0.25, 0.3) is 11.0 Å². The summed E-state index contributed by atoms with van der Waals surface area (Å²) in [5, 5.41) is 10.6. The van der Waals surface area contributed by atoms with Crippen molar-refractivity contribution in [2.24, 2.45) is 0 Å². The second kappa shape index (κ2) is 8.73. The molecule has 0 spiro atoms. The highest BCUT2D eigenvalue weighted by Gasteiger charge is 2.17. The molecule has 2 aromatic heterocycles. The van der Waals surface area contributed by atoms with Gasteiger partial charge in [0.25, 0.3) is 21.9 Å². The van der Waals surface area contributed by atoms with Crippen molar-refractivity contribution in [2.75, 3.05) is 11.8 Å². The lowest BCUT2D eigenvalue weighted by Gasteiger charge is -2.09. The van der Waals surface area contributed by atoms with E-state index in [0.29, 0.717) is 22.5 Å². The van der Waals surface area contributed by atoms with Crippen LogP contribution in [0, 0.1) is 0 Å². The fourth-order valence-electron chi connectivity index (χ4n) is 2.70. The first-order valence-electron chi connectivity index (χ1n) is 9.13. The number of carbonyl (C=O) groups is 1. The number of pyridine rings is 1. The molecule has 0 unspecified atom stereocenters. The number of benzene rings is 2. The number of hydrogen-bond donors (Lipinski definition) is 2. The van der Waals surface area contributed by atoms with E-state index in [-0.39, 0.29) is 27.5 Å². The van der Waals surface area contributed by atoms with E-state index in [2.05, 4.69) is 30.2 Å². The van der Waals surface area contributed by atoms with Crippen LogP contribution in [0.5, 0.6) is 11.5 Å². The monoisotopic (exact) mass is 470 g/mol. The number of fused-ring (bicyclic) bond motifs is 1. The Labute approximate surface area is 187 Å². The maximum Gasteiger partial charge on any atom is 0.269 e. The van der Waals surface area contributed by atoms with Gasteiger partial charge in [0.2, 0.25) is 0 Å². The van der Waals surface area contributed by atoms with E-state index >= 15 is 0 Å². The fourth-order valence-corrected chi connectivity index (χ4v) is 3.94. The molecule has 0 aliphatic rings. The van der Waals surface area contributed by atoms with Crippen molar-refractivity contribution in [3.63, 3.8) is 0 Å². The number of nitrogens with zero attached hydrogens (tertiary/aromatic N) is 4. The van der Waals surface area contributed by atoms with E-state index in [0.717, 1.165) is 0 Å². The van der Waals surface area contributed by atoms with Crippen LogP contribution >= 0.6 is 11.6 Å². The van der Waals surface area contributed by atoms with E-state index in [1.54, 1.807) is 30.3 Å².